The van der Waals surface area contributed by atoms with E-state index < -0.39 is 6.10 Å². The molecule has 4 rings (SSSR count). The van der Waals surface area contributed by atoms with Gasteiger partial charge in [-0.05, 0) is 69.3 Å². The average Bonchev–Trinajstić information content (AvgIpc) is 2.75. The van der Waals surface area contributed by atoms with E-state index in [1.165, 1.54) is 19.3 Å². The van der Waals surface area contributed by atoms with Gasteiger partial charge < -0.3 is 19.9 Å². The van der Waals surface area contributed by atoms with Gasteiger partial charge in [0, 0.05) is 29.4 Å². The molecule has 30 heavy (non-hydrogen) atoms. The van der Waals surface area contributed by atoms with Crippen molar-refractivity contribution in [1.29, 1.82) is 0 Å². The standard InChI is InChI=1S/C23H26ClN3O3/c1-16-23(29)27(13-12-26-10-3-2-4-11-26)20-15-19(8-9-21(20)30-16)25-22(28)17-6-5-7-18(24)14-17/h5-9,14-16H,2-4,10-13H2,1H3,(H,25,28). The fourth-order valence-electron chi connectivity index (χ4n) is 3.97. The molecule has 1 saturated heterocycles. The highest BCUT2D eigenvalue weighted by atomic mass is 35.5. The summed E-state index contributed by atoms with van der Waals surface area (Å²) in [6, 6.07) is 12.2. The summed E-state index contributed by atoms with van der Waals surface area (Å²) in [5, 5.41) is 3.39. The van der Waals surface area contributed by atoms with Gasteiger partial charge in [0.25, 0.3) is 11.8 Å². The largest absolute Gasteiger partial charge is 0.479 e. The Labute approximate surface area is 181 Å². The number of hydrogen-bond donors (Lipinski definition) is 1. The summed E-state index contributed by atoms with van der Waals surface area (Å²) < 4.78 is 5.79. The van der Waals surface area contributed by atoms with Crippen molar-refractivity contribution in [3.63, 3.8) is 0 Å². The van der Waals surface area contributed by atoms with E-state index in [4.69, 9.17) is 16.3 Å². The minimum absolute atomic E-state index is 0.0576. The van der Waals surface area contributed by atoms with E-state index in [9.17, 15) is 9.59 Å². The van der Waals surface area contributed by atoms with Gasteiger partial charge in [-0.15, -0.1) is 0 Å². The van der Waals surface area contributed by atoms with E-state index in [2.05, 4.69) is 10.2 Å². The van der Waals surface area contributed by atoms with Crippen LogP contribution in [0.5, 0.6) is 5.75 Å². The number of amides is 2. The maximum absolute atomic E-state index is 12.8. The second-order valence-electron chi connectivity index (χ2n) is 7.80. The zero-order valence-corrected chi connectivity index (χ0v) is 17.8. The molecule has 2 aliphatic heterocycles. The number of carbonyl (C=O) groups excluding carboxylic acids is 2. The molecule has 7 heteroatoms. The van der Waals surface area contributed by atoms with Crippen LogP contribution < -0.4 is 15.0 Å². The average molecular weight is 428 g/mol. The van der Waals surface area contributed by atoms with Crippen LogP contribution in [0.25, 0.3) is 0 Å². The lowest BCUT2D eigenvalue weighted by Gasteiger charge is -2.35. The van der Waals surface area contributed by atoms with Crippen molar-refractivity contribution in [1.82, 2.24) is 4.90 Å². The highest BCUT2D eigenvalue weighted by molar-refractivity contribution is 6.31. The Bertz CT molecular complexity index is 943. The molecule has 2 aromatic carbocycles. The first kappa shape index (κ1) is 20.7. The molecular formula is C23H26ClN3O3. The fourth-order valence-corrected chi connectivity index (χ4v) is 4.16. The Hall–Kier alpha value is -2.57. The van der Waals surface area contributed by atoms with Gasteiger partial charge >= 0.3 is 0 Å². The molecule has 1 unspecified atom stereocenters. The Morgan fingerprint density at radius 3 is 2.70 bits per heavy atom. The van der Waals surface area contributed by atoms with Gasteiger partial charge in [-0.3, -0.25) is 9.59 Å². The smallest absolute Gasteiger partial charge is 0.267 e. The van der Waals surface area contributed by atoms with Crippen LogP contribution in [-0.2, 0) is 4.79 Å². The van der Waals surface area contributed by atoms with Crippen LogP contribution in [0.2, 0.25) is 5.02 Å². The van der Waals surface area contributed by atoms with Gasteiger partial charge in [0.05, 0.1) is 5.69 Å². The van der Waals surface area contributed by atoms with Gasteiger partial charge in [-0.2, -0.15) is 0 Å². The quantitative estimate of drug-likeness (QED) is 0.777. The van der Waals surface area contributed by atoms with Crippen molar-refractivity contribution in [3.05, 3.63) is 53.1 Å². The summed E-state index contributed by atoms with van der Waals surface area (Å²) in [7, 11) is 0. The molecule has 1 fully saturated rings. The van der Waals surface area contributed by atoms with E-state index in [0.717, 1.165) is 19.6 Å². The third kappa shape index (κ3) is 4.60. The number of nitrogens with zero attached hydrogens (tertiary/aromatic N) is 2. The van der Waals surface area contributed by atoms with E-state index in [-0.39, 0.29) is 11.8 Å². The molecular weight excluding hydrogens is 402 g/mol. The highest BCUT2D eigenvalue weighted by Gasteiger charge is 2.32. The molecule has 2 heterocycles. The summed E-state index contributed by atoms with van der Waals surface area (Å²) in [5.41, 5.74) is 1.77. The number of likely N-dealkylation sites (tertiary alicyclic amines) is 1. The number of rotatable bonds is 5. The second kappa shape index (κ2) is 9.06. The number of carbonyl (C=O) groups is 2. The Balaban J connectivity index is 1.53. The first-order chi connectivity index (χ1) is 14.5. The van der Waals surface area contributed by atoms with E-state index in [0.29, 0.717) is 34.3 Å². The lowest BCUT2D eigenvalue weighted by Crippen LogP contribution is -2.48. The molecule has 0 saturated carbocycles. The number of nitrogens with one attached hydrogen (secondary N) is 1. The van der Waals surface area contributed by atoms with Crippen molar-refractivity contribution in [2.45, 2.75) is 32.3 Å². The lowest BCUT2D eigenvalue weighted by atomic mass is 10.1. The van der Waals surface area contributed by atoms with Crippen molar-refractivity contribution in [2.24, 2.45) is 0 Å². The fraction of sp³-hybridized carbons (Fsp3) is 0.391. The van der Waals surface area contributed by atoms with Crippen LogP contribution in [0.3, 0.4) is 0 Å². The maximum Gasteiger partial charge on any atom is 0.267 e. The molecule has 1 N–H and O–H groups in total. The number of fused-ring (bicyclic) bond motifs is 1. The molecule has 0 bridgehead atoms. The third-order valence-corrected chi connectivity index (χ3v) is 5.84. The summed E-state index contributed by atoms with van der Waals surface area (Å²) in [6.07, 6.45) is 3.18. The summed E-state index contributed by atoms with van der Waals surface area (Å²) in [5.74, 6) is 0.341. The molecule has 158 valence electrons. The van der Waals surface area contributed by atoms with Gasteiger partial charge in [0.15, 0.2) is 6.10 Å². The molecule has 2 aliphatic rings. The van der Waals surface area contributed by atoms with Crippen LogP contribution in [0.1, 0.15) is 36.5 Å². The van der Waals surface area contributed by atoms with Gasteiger partial charge in [-0.25, -0.2) is 0 Å². The number of halogens is 1. The van der Waals surface area contributed by atoms with Crippen LogP contribution in [0.4, 0.5) is 11.4 Å². The minimum atomic E-state index is -0.522. The zero-order chi connectivity index (χ0) is 21.1. The predicted octanol–water partition coefficient (Wildman–Crippen LogP) is 4.19. The third-order valence-electron chi connectivity index (χ3n) is 5.60. The van der Waals surface area contributed by atoms with Crippen LogP contribution >= 0.6 is 11.6 Å². The Morgan fingerprint density at radius 1 is 1.13 bits per heavy atom. The number of hydrogen-bond acceptors (Lipinski definition) is 4. The normalized spacial score (nSPS) is 19.2. The van der Waals surface area contributed by atoms with Crippen molar-refractivity contribution < 1.29 is 14.3 Å². The summed E-state index contributed by atoms with van der Waals surface area (Å²) in [4.78, 5) is 29.6. The number of piperidine rings is 1. The highest BCUT2D eigenvalue weighted by Crippen LogP contribution is 2.36. The molecule has 6 nitrogen and oxygen atoms in total. The van der Waals surface area contributed by atoms with Gasteiger partial charge in [0.2, 0.25) is 0 Å². The predicted molar refractivity (Wildman–Crippen MR) is 119 cm³/mol. The first-order valence-electron chi connectivity index (χ1n) is 10.4. The molecule has 2 aromatic rings. The van der Waals surface area contributed by atoms with Crippen LogP contribution in [-0.4, -0.2) is 49.0 Å². The van der Waals surface area contributed by atoms with Gasteiger partial charge in [-0.1, -0.05) is 24.1 Å². The lowest BCUT2D eigenvalue weighted by molar-refractivity contribution is -0.125. The SMILES string of the molecule is CC1Oc2ccc(NC(=O)c3cccc(Cl)c3)cc2N(CCN2CCCCC2)C1=O. The Kier molecular flexibility index (Phi) is 6.25. The monoisotopic (exact) mass is 427 g/mol. The maximum atomic E-state index is 12.8. The molecule has 1 atom stereocenters. The van der Waals surface area contributed by atoms with E-state index in [1.54, 1.807) is 54.3 Å². The summed E-state index contributed by atoms with van der Waals surface area (Å²) in [6.45, 7) is 5.36. The zero-order valence-electron chi connectivity index (χ0n) is 17.1. The molecule has 0 spiro atoms. The van der Waals surface area contributed by atoms with Crippen LogP contribution in [0.15, 0.2) is 42.5 Å². The van der Waals surface area contributed by atoms with E-state index in [1.807, 2.05) is 0 Å². The number of anilines is 2. The van der Waals surface area contributed by atoms with Gasteiger partial charge in [0.1, 0.15) is 5.75 Å². The number of ether oxygens (including phenoxy) is 1. The van der Waals surface area contributed by atoms with Crippen molar-refractivity contribution >= 4 is 34.8 Å². The first-order valence-corrected chi connectivity index (χ1v) is 10.8. The minimum Gasteiger partial charge on any atom is -0.479 e. The molecule has 0 aromatic heterocycles. The molecule has 2 amide bonds. The van der Waals surface area contributed by atoms with Crippen molar-refractivity contribution in [2.75, 3.05) is 36.4 Å². The van der Waals surface area contributed by atoms with E-state index >= 15 is 0 Å². The van der Waals surface area contributed by atoms with Crippen LogP contribution in [0, 0.1) is 0 Å². The topological polar surface area (TPSA) is 61.9 Å². The molecule has 0 radical (unpaired) electrons. The Morgan fingerprint density at radius 2 is 1.93 bits per heavy atom. The van der Waals surface area contributed by atoms with Crippen molar-refractivity contribution in [3.8, 4) is 5.75 Å². The number of benzene rings is 2. The second-order valence-corrected chi connectivity index (χ2v) is 8.24. The molecule has 0 aliphatic carbocycles. The summed E-state index contributed by atoms with van der Waals surface area (Å²) >= 11 is 5.99.